The Hall–Kier alpha value is -1.92. The maximum absolute atomic E-state index is 5.56. The second-order valence-electron chi connectivity index (χ2n) is 4.93. The summed E-state index contributed by atoms with van der Waals surface area (Å²) in [5.41, 5.74) is 1.05. The number of methoxy groups -OCH3 is 1. The van der Waals surface area contributed by atoms with Crippen LogP contribution in [0.5, 0.6) is 0 Å². The molecule has 0 radical (unpaired) electrons. The van der Waals surface area contributed by atoms with Gasteiger partial charge in [-0.15, -0.1) is 0 Å². The van der Waals surface area contributed by atoms with Gasteiger partial charge >= 0.3 is 0 Å². The fraction of sp³-hybridized carbons (Fsp3) is 0.467. The molecule has 0 unspecified atom stereocenters. The third kappa shape index (κ3) is 4.84. The molecule has 0 saturated carbocycles. The quantitative estimate of drug-likeness (QED) is 0.747. The van der Waals surface area contributed by atoms with Crippen molar-refractivity contribution in [2.75, 3.05) is 32.2 Å². The number of furan rings is 1. The topological polar surface area (TPSA) is 63.4 Å². The molecule has 21 heavy (non-hydrogen) atoms. The summed E-state index contributed by atoms with van der Waals surface area (Å²) in [6.07, 6.45) is 3.68. The Morgan fingerprint density at radius 2 is 2.05 bits per heavy atom. The summed E-state index contributed by atoms with van der Waals surface area (Å²) in [5.74, 6) is 2.51. The first-order valence-electron chi connectivity index (χ1n) is 6.96. The van der Waals surface area contributed by atoms with Crippen molar-refractivity contribution in [3.63, 3.8) is 0 Å². The number of aryl methyl sites for hydroxylation is 1. The molecule has 6 nitrogen and oxygen atoms in total. The molecule has 0 bridgehead atoms. The van der Waals surface area contributed by atoms with E-state index in [1.165, 1.54) is 0 Å². The maximum atomic E-state index is 5.56. The smallest absolute Gasteiger partial charge is 0.225 e. The number of ether oxygens (including phenoxy) is 1. The van der Waals surface area contributed by atoms with Crippen LogP contribution in [0.4, 0.5) is 5.95 Å². The van der Waals surface area contributed by atoms with Crippen molar-refractivity contribution >= 4 is 5.95 Å². The minimum Gasteiger partial charge on any atom is -0.464 e. The highest BCUT2D eigenvalue weighted by molar-refractivity contribution is 5.29. The van der Waals surface area contributed by atoms with E-state index in [-0.39, 0.29) is 0 Å². The van der Waals surface area contributed by atoms with Crippen LogP contribution in [0, 0.1) is 6.92 Å². The van der Waals surface area contributed by atoms with E-state index in [0.29, 0.717) is 19.1 Å². The van der Waals surface area contributed by atoms with Crippen LogP contribution in [-0.4, -0.2) is 37.3 Å². The predicted molar refractivity (Wildman–Crippen MR) is 81.2 cm³/mol. The lowest BCUT2D eigenvalue weighted by atomic mass is 10.3. The van der Waals surface area contributed by atoms with Crippen molar-refractivity contribution < 1.29 is 9.15 Å². The van der Waals surface area contributed by atoms with Crippen LogP contribution in [-0.2, 0) is 17.8 Å². The molecule has 2 rings (SSSR count). The zero-order chi connectivity index (χ0) is 15.1. The summed E-state index contributed by atoms with van der Waals surface area (Å²) in [6, 6.07) is 3.93. The zero-order valence-electron chi connectivity index (χ0n) is 12.8. The first-order valence-corrected chi connectivity index (χ1v) is 6.96. The minimum atomic E-state index is 0.652. The summed E-state index contributed by atoms with van der Waals surface area (Å²) >= 11 is 0. The molecule has 0 aliphatic heterocycles. The summed E-state index contributed by atoms with van der Waals surface area (Å²) in [4.78, 5) is 10.7. The number of rotatable bonds is 8. The normalized spacial score (nSPS) is 10.8. The van der Waals surface area contributed by atoms with Crippen LogP contribution < -0.4 is 10.2 Å². The van der Waals surface area contributed by atoms with Gasteiger partial charge in [0.15, 0.2) is 0 Å². The number of hydrogen-bond donors (Lipinski definition) is 1. The second-order valence-corrected chi connectivity index (χ2v) is 4.93. The Morgan fingerprint density at radius 3 is 2.67 bits per heavy atom. The third-order valence-electron chi connectivity index (χ3n) is 3.03. The summed E-state index contributed by atoms with van der Waals surface area (Å²) < 4.78 is 10.5. The fourth-order valence-electron chi connectivity index (χ4n) is 1.92. The lowest BCUT2D eigenvalue weighted by Gasteiger charge is -2.15. The largest absolute Gasteiger partial charge is 0.464 e. The second kappa shape index (κ2) is 7.75. The lowest BCUT2D eigenvalue weighted by Crippen LogP contribution is -2.20. The van der Waals surface area contributed by atoms with Crippen molar-refractivity contribution in [1.29, 1.82) is 0 Å². The van der Waals surface area contributed by atoms with Gasteiger partial charge in [0.1, 0.15) is 11.5 Å². The molecule has 0 spiro atoms. The van der Waals surface area contributed by atoms with Gasteiger partial charge in [-0.3, -0.25) is 0 Å². The monoisotopic (exact) mass is 290 g/mol. The van der Waals surface area contributed by atoms with Gasteiger partial charge in [0.05, 0.1) is 13.2 Å². The van der Waals surface area contributed by atoms with Crippen LogP contribution in [0.3, 0.4) is 0 Å². The highest BCUT2D eigenvalue weighted by Gasteiger charge is 2.07. The lowest BCUT2D eigenvalue weighted by molar-refractivity contribution is 0.199. The van der Waals surface area contributed by atoms with Gasteiger partial charge in [-0.25, -0.2) is 9.97 Å². The highest BCUT2D eigenvalue weighted by atomic mass is 16.5. The third-order valence-corrected chi connectivity index (χ3v) is 3.03. The Bertz CT molecular complexity index is 539. The Balaban J connectivity index is 1.86. The van der Waals surface area contributed by atoms with Crippen LogP contribution in [0.2, 0.25) is 0 Å². The maximum Gasteiger partial charge on any atom is 0.225 e. The van der Waals surface area contributed by atoms with E-state index in [1.54, 1.807) is 7.11 Å². The molecule has 0 aliphatic rings. The van der Waals surface area contributed by atoms with Crippen molar-refractivity contribution in [3.8, 4) is 0 Å². The van der Waals surface area contributed by atoms with E-state index in [9.17, 15) is 0 Å². The summed E-state index contributed by atoms with van der Waals surface area (Å²) in [6.45, 7) is 4.84. The molecular weight excluding hydrogens is 268 g/mol. The first-order chi connectivity index (χ1) is 10.2. The molecule has 2 aromatic rings. The van der Waals surface area contributed by atoms with Crippen LogP contribution in [0.1, 0.15) is 17.1 Å². The zero-order valence-corrected chi connectivity index (χ0v) is 12.8. The van der Waals surface area contributed by atoms with Crippen LogP contribution in [0.15, 0.2) is 28.9 Å². The van der Waals surface area contributed by atoms with Gasteiger partial charge < -0.3 is 19.4 Å². The number of hydrogen-bond acceptors (Lipinski definition) is 6. The molecule has 6 heteroatoms. The minimum absolute atomic E-state index is 0.652. The summed E-state index contributed by atoms with van der Waals surface area (Å²) in [7, 11) is 3.64. The van der Waals surface area contributed by atoms with E-state index in [0.717, 1.165) is 30.2 Å². The van der Waals surface area contributed by atoms with E-state index < -0.39 is 0 Å². The number of nitrogens with zero attached hydrogens (tertiary/aromatic N) is 3. The molecule has 114 valence electrons. The van der Waals surface area contributed by atoms with Gasteiger partial charge in [-0.05, 0) is 19.1 Å². The van der Waals surface area contributed by atoms with Crippen molar-refractivity contribution in [1.82, 2.24) is 15.3 Å². The molecule has 2 heterocycles. The first kappa shape index (κ1) is 15.5. The molecule has 0 aromatic carbocycles. The van der Waals surface area contributed by atoms with E-state index >= 15 is 0 Å². The fourth-order valence-corrected chi connectivity index (χ4v) is 1.92. The highest BCUT2D eigenvalue weighted by Crippen LogP contribution is 2.12. The summed E-state index contributed by atoms with van der Waals surface area (Å²) in [5, 5.41) is 3.26. The van der Waals surface area contributed by atoms with E-state index in [4.69, 9.17) is 9.15 Å². The van der Waals surface area contributed by atoms with E-state index in [2.05, 4.69) is 15.3 Å². The predicted octanol–water partition coefficient (Wildman–Crippen LogP) is 1.75. The van der Waals surface area contributed by atoms with Gasteiger partial charge in [0.2, 0.25) is 5.95 Å². The number of aromatic nitrogens is 2. The molecule has 0 fully saturated rings. The Morgan fingerprint density at radius 1 is 1.29 bits per heavy atom. The average molecular weight is 290 g/mol. The molecule has 2 aromatic heterocycles. The Labute approximate surface area is 125 Å². The molecule has 0 atom stereocenters. The standard InChI is InChI=1S/C15H22N4O2/c1-12-4-5-14(21-12)11-19(2)15-17-9-13(10-18-15)8-16-6-7-20-3/h4-5,9-10,16H,6-8,11H2,1-3H3. The van der Waals surface area contributed by atoms with E-state index in [1.807, 2.05) is 43.4 Å². The molecular formula is C15H22N4O2. The van der Waals surface area contributed by atoms with Gasteiger partial charge in [0.25, 0.3) is 0 Å². The molecule has 0 aliphatic carbocycles. The van der Waals surface area contributed by atoms with Gasteiger partial charge in [-0.1, -0.05) is 0 Å². The van der Waals surface area contributed by atoms with Crippen molar-refractivity contribution in [2.24, 2.45) is 0 Å². The van der Waals surface area contributed by atoms with Crippen molar-refractivity contribution in [2.45, 2.75) is 20.0 Å². The molecule has 1 N–H and O–H groups in total. The van der Waals surface area contributed by atoms with Gasteiger partial charge in [0, 0.05) is 45.2 Å². The Kier molecular flexibility index (Phi) is 5.71. The SMILES string of the molecule is COCCNCc1cnc(N(C)Cc2ccc(C)o2)nc1. The van der Waals surface area contributed by atoms with Crippen LogP contribution in [0.25, 0.3) is 0 Å². The molecule has 0 amide bonds. The van der Waals surface area contributed by atoms with Crippen molar-refractivity contribution in [3.05, 3.63) is 41.6 Å². The van der Waals surface area contributed by atoms with Gasteiger partial charge in [-0.2, -0.15) is 0 Å². The number of anilines is 1. The molecule has 0 saturated heterocycles. The average Bonchev–Trinajstić information content (AvgIpc) is 2.89. The van der Waals surface area contributed by atoms with Crippen LogP contribution >= 0.6 is 0 Å². The number of nitrogens with one attached hydrogen (secondary N) is 1.